The Kier molecular flexibility index (Phi) is 5.06. The van der Waals surface area contributed by atoms with E-state index in [0.29, 0.717) is 19.8 Å². The van der Waals surface area contributed by atoms with E-state index < -0.39 is 0 Å². The summed E-state index contributed by atoms with van der Waals surface area (Å²) in [7, 11) is 1.70. The molecule has 1 aromatic carbocycles. The number of amides is 2. The first kappa shape index (κ1) is 16.8. The highest BCUT2D eigenvalue weighted by atomic mass is 16.5. The highest BCUT2D eigenvalue weighted by molar-refractivity contribution is 5.93. The van der Waals surface area contributed by atoms with Gasteiger partial charge in [0.15, 0.2) is 0 Å². The largest absolute Gasteiger partial charge is 0.383 e. The number of rotatable bonds is 4. The lowest BCUT2D eigenvalue weighted by atomic mass is 10.1. The van der Waals surface area contributed by atoms with E-state index in [1.54, 1.807) is 7.11 Å². The second kappa shape index (κ2) is 7.23. The van der Waals surface area contributed by atoms with Crippen molar-refractivity contribution in [3.63, 3.8) is 0 Å². The van der Waals surface area contributed by atoms with Crippen molar-refractivity contribution >= 4 is 22.6 Å². The number of benzene rings is 1. The average Bonchev–Trinajstić information content (AvgIpc) is 2.97. The Morgan fingerprint density at radius 2 is 2.21 bits per heavy atom. The fourth-order valence-electron chi connectivity index (χ4n) is 3.06. The lowest BCUT2D eigenvalue weighted by molar-refractivity contribution is -0.0355. The third-order valence-corrected chi connectivity index (χ3v) is 4.71. The minimum absolute atomic E-state index is 0.0539. The molecule has 1 fully saturated rings. The standard InChI is InChI=1S/C18H25N3O3/c1-13-14(2)24-11-9-21(13)18(22)19-16-5-4-15-6-7-20(8-10-23-3)17(15)12-16/h4-7,12-14H,8-11H2,1-3H3,(H,19,22)/t13-,14-/m1/s1. The maximum atomic E-state index is 12.6. The van der Waals surface area contributed by atoms with Gasteiger partial charge in [-0.05, 0) is 37.4 Å². The smallest absolute Gasteiger partial charge is 0.322 e. The number of fused-ring (bicyclic) bond motifs is 1. The summed E-state index contributed by atoms with van der Waals surface area (Å²) in [5.41, 5.74) is 1.89. The van der Waals surface area contributed by atoms with Gasteiger partial charge >= 0.3 is 6.03 Å². The number of nitrogens with one attached hydrogen (secondary N) is 1. The molecule has 2 aromatic rings. The van der Waals surface area contributed by atoms with Gasteiger partial charge in [0.05, 0.1) is 30.9 Å². The van der Waals surface area contributed by atoms with E-state index in [-0.39, 0.29) is 18.2 Å². The predicted molar refractivity (Wildman–Crippen MR) is 94.4 cm³/mol. The molecule has 6 heteroatoms. The molecule has 1 N–H and O–H groups in total. The van der Waals surface area contributed by atoms with E-state index in [9.17, 15) is 4.79 Å². The van der Waals surface area contributed by atoms with Gasteiger partial charge in [0.1, 0.15) is 0 Å². The van der Waals surface area contributed by atoms with E-state index in [0.717, 1.165) is 23.1 Å². The number of methoxy groups -OCH3 is 1. The zero-order valence-electron chi connectivity index (χ0n) is 14.5. The molecular weight excluding hydrogens is 306 g/mol. The molecule has 3 rings (SSSR count). The molecule has 2 heterocycles. The van der Waals surface area contributed by atoms with E-state index in [1.807, 2.05) is 43.1 Å². The highest BCUT2D eigenvalue weighted by Crippen LogP contribution is 2.22. The first-order valence-electron chi connectivity index (χ1n) is 8.37. The summed E-state index contributed by atoms with van der Waals surface area (Å²) in [6.45, 7) is 6.65. The number of anilines is 1. The predicted octanol–water partition coefficient (Wildman–Crippen LogP) is 2.93. The maximum absolute atomic E-state index is 12.6. The summed E-state index contributed by atoms with van der Waals surface area (Å²) in [5.74, 6) is 0. The first-order valence-corrected chi connectivity index (χ1v) is 8.37. The molecule has 0 bridgehead atoms. The number of aromatic nitrogens is 1. The zero-order valence-corrected chi connectivity index (χ0v) is 14.5. The van der Waals surface area contributed by atoms with E-state index in [2.05, 4.69) is 16.0 Å². The minimum atomic E-state index is -0.0769. The fraction of sp³-hybridized carbons (Fsp3) is 0.500. The Morgan fingerprint density at radius 1 is 1.38 bits per heavy atom. The fourth-order valence-corrected chi connectivity index (χ4v) is 3.06. The minimum Gasteiger partial charge on any atom is -0.383 e. The number of nitrogens with zero attached hydrogens (tertiary/aromatic N) is 2. The second-order valence-corrected chi connectivity index (χ2v) is 6.22. The van der Waals surface area contributed by atoms with Crippen LogP contribution in [0.4, 0.5) is 10.5 Å². The molecule has 24 heavy (non-hydrogen) atoms. The summed E-state index contributed by atoms with van der Waals surface area (Å²) in [6.07, 6.45) is 2.10. The molecule has 2 amide bonds. The Bertz CT molecular complexity index is 713. The number of morpholine rings is 1. The van der Waals surface area contributed by atoms with Gasteiger partial charge in [0.25, 0.3) is 0 Å². The van der Waals surface area contributed by atoms with Gasteiger partial charge in [-0.2, -0.15) is 0 Å². The summed E-state index contributed by atoms with van der Waals surface area (Å²) in [6, 6.07) is 8.04. The lowest BCUT2D eigenvalue weighted by Crippen LogP contribution is -2.52. The molecule has 0 radical (unpaired) electrons. The van der Waals surface area contributed by atoms with Crippen LogP contribution >= 0.6 is 0 Å². The van der Waals surface area contributed by atoms with Crippen molar-refractivity contribution in [2.75, 3.05) is 32.2 Å². The molecule has 0 aliphatic carbocycles. The summed E-state index contributed by atoms with van der Waals surface area (Å²) < 4.78 is 12.9. The van der Waals surface area contributed by atoms with Gasteiger partial charge in [-0.1, -0.05) is 6.07 Å². The van der Waals surface area contributed by atoms with Crippen LogP contribution in [0.15, 0.2) is 30.5 Å². The van der Waals surface area contributed by atoms with Crippen LogP contribution in [0.3, 0.4) is 0 Å². The topological polar surface area (TPSA) is 55.7 Å². The van der Waals surface area contributed by atoms with Crippen LogP contribution in [-0.4, -0.2) is 54.5 Å². The highest BCUT2D eigenvalue weighted by Gasteiger charge is 2.29. The van der Waals surface area contributed by atoms with Crippen LogP contribution < -0.4 is 5.32 Å². The molecule has 1 aliphatic heterocycles. The number of carbonyl (C=O) groups excluding carboxylic acids is 1. The van der Waals surface area contributed by atoms with Crippen LogP contribution in [0.5, 0.6) is 0 Å². The van der Waals surface area contributed by atoms with E-state index in [1.165, 1.54) is 0 Å². The Balaban J connectivity index is 1.75. The van der Waals surface area contributed by atoms with Gasteiger partial charge in [-0.15, -0.1) is 0 Å². The Morgan fingerprint density at radius 3 is 3.00 bits per heavy atom. The van der Waals surface area contributed by atoms with Gasteiger partial charge in [0, 0.05) is 32.1 Å². The third kappa shape index (κ3) is 3.39. The summed E-state index contributed by atoms with van der Waals surface area (Å²) in [5, 5.41) is 4.17. The molecule has 6 nitrogen and oxygen atoms in total. The van der Waals surface area contributed by atoms with E-state index in [4.69, 9.17) is 9.47 Å². The SMILES string of the molecule is COCCn1ccc2ccc(NC(=O)N3CCO[C@H](C)[C@H]3C)cc21. The monoisotopic (exact) mass is 331 g/mol. The molecule has 130 valence electrons. The number of hydrogen-bond acceptors (Lipinski definition) is 3. The third-order valence-electron chi connectivity index (χ3n) is 4.71. The van der Waals surface area contributed by atoms with Crippen LogP contribution in [0.2, 0.25) is 0 Å². The van der Waals surface area contributed by atoms with Crippen molar-refractivity contribution in [2.24, 2.45) is 0 Å². The van der Waals surface area contributed by atoms with Crippen LogP contribution in [0, 0.1) is 0 Å². The molecule has 1 aliphatic rings. The van der Waals surface area contributed by atoms with Gasteiger partial charge in [-0.25, -0.2) is 4.79 Å². The normalized spacial score (nSPS) is 21.2. The quantitative estimate of drug-likeness (QED) is 0.937. The molecule has 0 saturated carbocycles. The molecule has 0 unspecified atom stereocenters. The number of hydrogen-bond donors (Lipinski definition) is 1. The number of carbonyl (C=O) groups is 1. The van der Waals surface area contributed by atoms with Crippen LogP contribution in [0.1, 0.15) is 13.8 Å². The van der Waals surface area contributed by atoms with Crippen molar-refractivity contribution in [3.05, 3.63) is 30.5 Å². The second-order valence-electron chi connectivity index (χ2n) is 6.22. The summed E-state index contributed by atoms with van der Waals surface area (Å²) >= 11 is 0. The zero-order chi connectivity index (χ0) is 17.1. The van der Waals surface area contributed by atoms with Crippen molar-refractivity contribution in [2.45, 2.75) is 32.5 Å². The van der Waals surface area contributed by atoms with Crippen molar-refractivity contribution in [1.82, 2.24) is 9.47 Å². The van der Waals surface area contributed by atoms with Crippen molar-refractivity contribution < 1.29 is 14.3 Å². The Hall–Kier alpha value is -2.05. The van der Waals surface area contributed by atoms with Crippen LogP contribution in [0.25, 0.3) is 10.9 Å². The lowest BCUT2D eigenvalue weighted by Gasteiger charge is -2.37. The Labute approximate surface area is 142 Å². The van der Waals surface area contributed by atoms with E-state index >= 15 is 0 Å². The number of ether oxygens (including phenoxy) is 2. The summed E-state index contributed by atoms with van der Waals surface area (Å²) in [4.78, 5) is 14.4. The first-order chi connectivity index (χ1) is 11.6. The van der Waals surface area contributed by atoms with Gasteiger partial charge in [0.2, 0.25) is 0 Å². The molecule has 0 spiro atoms. The van der Waals surface area contributed by atoms with Crippen molar-refractivity contribution in [3.8, 4) is 0 Å². The maximum Gasteiger partial charge on any atom is 0.322 e. The van der Waals surface area contributed by atoms with Gasteiger partial charge < -0.3 is 24.3 Å². The molecule has 1 aromatic heterocycles. The molecule has 1 saturated heterocycles. The van der Waals surface area contributed by atoms with Crippen molar-refractivity contribution in [1.29, 1.82) is 0 Å². The van der Waals surface area contributed by atoms with Gasteiger partial charge in [-0.3, -0.25) is 0 Å². The molecule has 2 atom stereocenters. The average molecular weight is 331 g/mol. The molecular formula is C18H25N3O3. The van der Waals surface area contributed by atoms with Crippen LogP contribution in [-0.2, 0) is 16.0 Å². The number of urea groups is 1.